The Morgan fingerprint density at radius 1 is 1.50 bits per heavy atom. The summed E-state index contributed by atoms with van der Waals surface area (Å²) < 4.78 is 0. The lowest BCUT2D eigenvalue weighted by atomic mass is 9.95. The van der Waals surface area contributed by atoms with Gasteiger partial charge in [-0.05, 0) is 36.1 Å². The highest BCUT2D eigenvalue weighted by Gasteiger charge is 2.34. The molecule has 2 aliphatic heterocycles. The van der Waals surface area contributed by atoms with Crippen LogP contribution in [0.25, 0.3) is 0 Å². The van der Waals surface area contributed by atoms with Gasteiger partial charge in [-0.15, -0.1) is 0 Å². The van der Waals surface area contributed by atoms with Gasteiger partial charge in [-0.25, -0.2) is 15.5 Å². The summed E-state index contributed by atoms with van der Waals surface area (Å²) in [7, 11) is 2.08. The van der Waals surface area contributed by atoms with Gasteiger partial charge in [0, 0.05) is 31.7 Å². The first-order valence-electron chi connectivity index (χ1n) is 6.25. The van der Waals surface area contributed by atoms with Crippen molar-refractivity contribution in [2.75, 3.05) is 13.6 Å². The molecule has 0 aliphatic carbocycles. The fraction of sp³-hybridized carbons (Fsp3) is 0.462. The van der Waals surface area contributed by atoms with Crippen LogP contribution in [0.1, 0.15) is 40.4 Å². The number of carbonyl (C=O) groups is 1. The summed E-state index contributed by atoms with van der Waals surface area (Å²) in [6.07, 6.45) is 2.39. The molecule has 1 fully saturated rings. The van der Waals surface area contributed by atoms with Crippen LogP contribution in [0.3, 0.4) is 0 Å². The number of hydrogen-bond acceptors (Lipinski definition) is 4. The number of hydrazine groups is 1. The Bertz CT molecular complexity index is 489. The Labute approximate surface area is 106 Å². The van der Waals surface area contributed by atoms with Crippen molar-refractivity contribution in [2.45, 2.75) is 25.4 Å². The smallest absolute Gasteiger partial charge is 0.274 e. The van der Waals surface area contributed by atoms with E-state index in [1.807, 2.05) is 12.1 Å². The predicted molar refractivity (Wildman–Crippen MR) is 65.8 cm³/mol. The molecule has 2 N–H and O–H groups in total. The van der Waals surface area contributed by atoms with Crippen LogP contribution in [0.15, 0.2) is 18.2 Å². The molecule has 96 valence electrons. The summed E-state index contributed by atoms with van der Waals surface area (Å²) >= 11 is 0. The SMILES string of the molecule is CN1Cc2cc(C(=O)NO)ccc2[C@H]2CCCN21. The molecular formula is C13H17N3O2. The maximum Gasteiger partial charge on any atom is 0.274 e. The number of rotatable bonds is 1. The van der Waals surface area contributed by atoms with Crippen molar-refractivity contribution in [3.8, 4) is 0 Å². The molecule has 1 amide bonds. The van der Waals surface area contributed by atoms with E-state index in [4.69, 9.17) is 5.21 Å². The molecular weight excluding hydrogens is 230 g/mol. The third kappa shape index (κ3) is 1.71. The number of nitrogens with one attached hydrogen (secondary N) is 1. The summed E-state index contributed by atoms with van der Waals surface area (Å²) in [5.41, 5.74) is 4.69. The molecule has 0 bridgehead atoms. The average Bonchev–Trinajstić information content (AvgIpc) is 2.87. The predicted octanol–water partition coefficient (Wildman–Crippen LogP) is 1.30. The van der Waals surface area contributed by atoms with Gasteiger partial charge in [-0.2, -0.15) is 0 Å². The molecule has 1 aromatic rings. The van der Waals surface area contributed by atoms with Crippen molar-refractivity contribution in [3.63, 3.8) is 0 Å². The maximum absolute atomic E-state index is 11.4. The van der Waals surface area contributed by atoms with E-state index in [0.29, 0.717) is 11.6 Å². The van der Waals surface area contributed by atoms with Gasteiger partial charge in [-0.3, -0.25) is 10.0 Å². The van der Waals surface area contributed by atoms with E-state index >= 15 is 0 Å². The lowest BCUT2D eigenvalue weighted by Crippen LogP contribution is -2.42. The van der Waals surface area contributed by atoms with Crippen LogP contribution in [0.4, 0.5) is 0 Å². The lowest BCUT2D eigenvalue weighted by Gasteiger charge is -2.39. The van der Waals surface area contributed by atoms with Gasteiger partial charge >= 0.3 is 0 Å². The average molecular weight is 247 g/mol. The standard InChI is InChI=1S/C13H17N3O2/c1-15-8-10-7-9(13(17)14-18)4-5-11(10)12-3-2-6-16(12)15/h4-5,7,12,18H,2-3,6,8H2,1H3,(H,14,17)/t12-/m1/s1. The van der Waals surface area contributed by atoms with Gasteiger partial charge < -0.3 is 0 Å². The third-order valence-corrected chi connectivity index (χ3v) is 3.93. The highest BCUT2D eigenvalue weighted by Crippen LogP contribution is 2.39. The summed E-state index contributed by atoms with van der Waals surface area (Å²) in [5.74, 6) is -0.450. The van der Waals surface area contributed by atoms with Crippen LogP contribution in [-0.2, 0) is 6.54 Å². The Morgan fingerprint density at radius 2 is 2.33 bits per heavy atom. The first kappa shape index (κ1) is 11.6. The molecule has 2 heterocycles. The van der Waals surface area contributed by atoms with Gasteiger partial charge in [0.25, 0.3) is 5.91 Å². The molecule has 0 radical (unpaired) electrons. The number of nitrogens with zero attached hydrogens (tertiary/aromatic N) is 2. The van der Waals surface area contributed by atoms with Crippen molar-refractivity contribution < 1.29 is 10.0 Å². The summed E-state index contributed by atoms with van der Waals surface area (Å²) in [5, 5.41) is 13.3. The number of carbonyl (C=O) groups excluding carboxylic acids is 1. The molecule has 2 aliphatic rings. The third-order valence-electron chi connectivity index (χ3n) is 3.93. The molecule has 0 aromatic heterocycles. The van der Waals surface area contributed by atoms with Crippen molar-refractivity contribution in [3.05, 3.63) is 34.9 Å². The van der Waals surface area contributed by atoms with E-state index in [1.165, 1.54) is 24.0 Å². The topological polar surface area (TPSA) is 55.8 Å². The molecule has 1 aromatic carbocycles. The van der Waals surface area contributed by atoms with Crippen molar-refractivity contribution in [1.82, 2.24) is 15.5 Å². The van der Waals surface area contributed by atoms with E-state index in [1.54, 1.807) is 11.5 Å². The minimum atomic E-state index is -0.450. The highest BCUT2D eigenvalue weighted by molar-refractivity contribution is 5.93. The lowest BCUT2D eigenvalue weighted by molar-refractivity contribution is -0.0343. The van der Waals surface area contributed by atoms with Crippen LogP contribution in [0.2, 0.25) is 0 Å². The van der Waals surface area contributed by atoms with Gasteiger partial charge in [0.2, 0.25) is 0 Å². The highest BCUT2D eigenvalue weighted by atomic mass is 16.5. The Balaban J connectivity index is 2.00. The zero-order valence-corrected chi connectivity index (χ0v) is 10.4. The monoisotopic (exact) mass is 247 g/mol. The second kappa shape index (κ2) is 4.35. The minimum absolute atomic E-state index is 0.449. The van der Waals surface area contributed by atoms with Crippen molar-refractivity contribution in [1.29, 1.82) is 0 Å². The van der Waals surface area contributed by atoms with E-state index in [-0.39, 0.29) is 0 Å². The first-order valence-corrected chi connectivity index (χ1v) is 6.25. The number of benzene rings is 1. The largest absolute Gasteiger partial charge is 0.288 e. The van der Waals surface area contributed by atoms with Gasteiger partial charge in [0.15, 0.2) is 0 Å². The molecule has 1 atom stereocenters. The second-order valence-corrected chi connectivity index (χ2v) is 4.99. The summed E-state index contributed by atoms with van der Waals surface area (Å²) in [6, 6.07) is 6.14. The zero-order chi connectivity index (χ0) is 12.7. The first-order chi connectivity index (χ1) is 8.70. The Morgan fingerprint density at radius 3 is 3.11 bits per heavy atom. The van der Waals surface area contributed by atoms with E-state index < -0.39 is 5.91 Å². The Hall–Kier alpha value is -1.43. The van der Waals surface area contributed by atoms with Crippen molar-refractivity contribution in [2.24, 2.45) is 0 Å². The van der Waals surface area contributed by atoms with E-state index in [0.717, 1.165) is 13.1 Å². The number of fused-ring (bicyclic) bond motifs is 3. The molecule has 1 saturated heterocycles. The van der Waals surface area contributed by atoms with Crippen LogP contribution in [0, 0.1) is 0 Å². The van der Waals surface area contributed by atoms with Crippen LogP contribution >= 0.6 is 0 Å². The van der Waals surface area contributed by atoms with Gasteiger partial charge in [0.1, 0.15) is 0 Å². The normalized spacial score (nSPS) is 23.6. The number of hydrogen-bond donors (Lipinski definition) is 2. The number of hydroxylamine groups is 1. The van der Waals surface area contributed by atoms with Gasteiger partial charge in [-0.1, -0.05) is 6.07 Å². The Kier molecular flexibility index (Phi) is 2.81. The maximum atomic E-state index is 11.4. The second-order valence-electron chi connectivity index (χ2n) is 4.99. The summed E-state index contributed by atoms with van der Waals surface area (Å²) in [6.45, 7) is 1.93. The molecule has 5 nitrogen and oxygen atoms in total. The van der Waals surface area contributed by atoms with Crippen LogP contribution < -0.4 is 5.48 Å². The van der Waals surface area contributed by atoms with Crippen LogP contribution in [-0.4, -0.2) is 34.7 Å². The molecule has 3 rings (SSSR count). The molecule has 0 saturated carbocycles. The minimum Gasteiger partial charge on any atom is -0.288 e. The fourth-order valence-electron chi connectivity index (χ4n) is 3.09. The molecule has 18 heavy (non-hydrogen) atoms. The molecule has 5 heteroatoms. The van der Waals surface area contributed by atoms with E-state index in [2.05, 4.69) is 17.1 Å². The van der Waals surface area contributed by atoms with Crippen LogP contribution in [0.5, 0.6) is 0 Å². The van der Waals surface area contributed by atoms with E-state index in [9.17, 15) is 4.79 Å². The fourth-order valence-corrected chi connectivity index (χ4v) is 3.09. The quantitative estimate of drug-likeness (QED) is 0.580. The number of amides is 1. The molecule has 0 unspecified atom stereocenters. The molecule has 0 spiro atoms. The summed E-state index contributed by atoms with van der Waals surface area (Å²) in [4.78, 5) is 11.4. The van der Waals surface area contributed by atoms with Crippen molar-refractivity contribution >= 4 is 5.91 Å². The van der Waals surface area contributed by atoms with Gasteiger partial charge in [0.05, 0.1) is 0 Å². The zero-order valence-electron chi connectivity index (χ0n) is 10.4.